The molecule has 8 heteroatoms. The van der Waals surface area contributed by atoms with Gasteiger partial charge in [-0.15, -0.1) is 0 Å². The molecule has 0 fully saturated rings. The Labute approximate surface area is 242 Å². The van der Waals surface area contributed by atoms with Gasteiger partial charge in [0.1, 0.15) is 22.9 Å². The molecule has 11 aromatic rings. The number of benzene rings is 7. The highest BCUT2D eigenvalue weighted by Gasteiger charge is 2.26. The van der Waals surface area contributed by atoms with Crippen molar-refractivity contribution in [1.82, 2.24) is 18.8 Å². The average molecular weight is 573 g/mol. The van der Waals surface area contributed by atoms with Gasteiger partial charge in [0.25, 0.3) is 11.1 Å². The van der Waals surface area contributed by atoms with E-state index in [0.29, 0.717) is 54.9 Å². The van der Waals surface area contributed by atoms with E-state index < -0.39 is 11.6 Å². The molecular weight excluding hydrogens is 558 g/mol. The molecule has 44 heavy (non-hydrogen) atoms. The van der Waals surface area contributed by atoms with E-state index in [9.17, 15) is 18.4 Å². The van der Waals surface area contributed by atoms with Crippen LogP contribution in [-0.2, 0) is 0 Å². The summed E-state index contributed by atoms with van der Waals surface area (Å²) in [6, 6.07) is 24.4. The van der Waals surface area contributed by atoms with Crippen molar-refractivity contribution < 1.29 is 8.78 Å². The van der Waals surface area contributed by atoms with Gasteiger partial charge in [-0.1, -0.05) is 36.4 Å². The van der Waals surface area contributed by atoms with Gasteiger partial charge in [0, 0.05) is 33.7 Å². The highest BCUT2D eigenvalue weighted by atomic mass is 19.1. The number of imidazole rings is 2. The van der Waals surface area contributed by atoms with Crippen LogP contribution >= 0.6 is 0 Å². The normalized spacial score (nSPS) is 13.0. The SMILES string of the molecule is O=c1c2c(cc3cc4c(=O)n5c6ccc(F)cc6nc5c4c4c5cccc6cccc(c65)c2c34)c2nc3cc(F)ccc3n12. The van der Waals surface area contributed by atoms with Gasteiger partial charge in [-0.2, -0.15) is 0 Å². The Morgan fingerprint density at radius 3 is 1.75 bits per heavy atom. The molecule has 0 bridgehead atoms. The Balaban J connectivity index is 1.51. The molecule has 0 aliphatic carbocycles. The third kappa shape index (κ3) is 2.38. The van der Waals surface area contributed by atoms with E-state index >= 15 is 0 Å². The van der Waals surface area contributed by atoms with Crippen LogP contribution in [0.4, 0.5) is 8.78 Å². The fourth-order valence-corrected chi connectivity index (χ4v) is 7.77. The van der Waals surface area contributed by atoms with Gasteiger partial charge in [0.15, 0.2) is 0 Å². The van der Waals surface area contributed by atoms with Gasteiger partial charge in [-0.25, -0.2) is 18.7 Å². The summed E-state index contributed by atoms with van der Waals surface area (Å²) < 4.78 is 31.4. The van der Waals surface area contributed by atoms with Crippen LogP contribution in [-0.4, -0.2) is 18.8 Å². The van der Waals surface area contributed by atoms with Crippen molar-refractivity contribution in [3.05, 3.63) is 117 Å². The average Bonchev–Trinajstić information content (AvgIpc) is 3.73. The Morgan fingerprint density at radius 2 is 1.07 bits per heavy atom. The number of halogens is 2. The van der Waals surface area contributed by atoms with E-state index in [1.165, 1.54) is 24.3 Å². The summed E-state index contributed by atoms with van der Waals surface area (Å²) in [6.45, 7) is 0. The molecule has 0 saturated carbocycles. The van der Waals surface area contributed by atoms with Crippen LogP contribution in [0, 0.1) is 11.6 Å². The Kier molecular flexibility index (Phi) is 3.65. The smallest absolute Gasteiger partial charge is 0.265 e. The van der Waals surface area contributed by atoms with E-state index in [-0.39, 0.29) is 11.1 Å². The molecule has 4 heterocycles. The van der Waals surface area contributed by atoms with E-state index in [1.54, 1.807) is 20.9 Å². The molecule has 0 N–H and O–H groups in total. The summed E-state index contributed by atoms with van der Waals surface area (Å²) in [6.07, 6.45) is 0. The fraction of sp³-hybridized carbons (Fsp3) is 0. The predicted molar refractivity (Wildman–Crippen MR) is 170 cm³/mol. The zero-order chi connectivity index (χ0) is 29.2. The largest absolute Gasteiger partial charge is 0.268 e. The lowest BCUT2D eigenvalue weighted by Crippen LogP contribution is -2.06. The van der Waals surface area contributed by atoms with Gasteiger partial charge >= 0.3 is 0 Å². The summed E-state index contributed by atoms with van der Waals surface area (Å²) in [4.78, 5) is 38.0. The van der Waals surface area contributed by atoms with E-state index in [0.717, 1.165) is 43.1 Å². The quantitative estimate of drug-likeness (QED) is 0.139. The molecule has 7 aromatic carbocycles. The first-order valence-electron chi connectivity index (χ1n) is 14.1. The monoisotopic (exact) mass is 572 g/mol. The van der Waals surface area contributed by atoms with E-state index in [1.807, 2.05) is 48.5 Å². The highest BCUT2D eigenvalue weighted by molar-refractivity contribution is 6.43. The highest BCUT2D eigenvalue weighted by Crippen LogP contribution is 2.47. The van der Waals surface area contributed by atoms with Gasteiger partial charge in [0.2, 0.25) is 0 Å². The lowest BCUT2D eigenvalue weighted by Gasteiger charge is -2.16. The predicted octanol–water partition coefficient (Wildman–Crippen LogP) is 7.52. The van der Waals surface area contributed by atoms with Gasteiger partial charge in [-0.05, 0) is 68.7 Å². The summed E-state index contributed by atoms with van der Waals surface area (Å²) in [5, 5.41) is 9.39. The zero-order valence-electron chi connectivity index (χ0n) is 22.4. The van der Waals surface area contributed by atoms with Crippen molar-refractivity contribution >= 4 is 98.0 Å². The maximum atomic E-state index is 14.4. The Hall–Kier alpha value is -6.02. The lowest BCUT2D eigenvalue weighted by molar-refractivity contribution is 0.629. The minimum atomic E-state index is -0.426. The maximum absolute atomic E-state index is 14.4. The summed E-state index contributed by atoms with van der Waals surface area (Å²) in [5.41, 5.74) is 2.30. The van der Waals surface area contributed by atoms with Gasteiger partial charge < -0.3 is 0 Å². The molecule has 11 rings (SSSR count). The summed E-state index contributed by atoms with van der Waals surface area (Å²) in [5.74, 6) is -0.852. The molecule has 0 atom stereocenters. The third-order valence-corrected chi connectivity index (χ3v) is 9.42. The molecule has 6 nitrogen and oxygen atoms in total. The van der Waals surface area contributed by atoms with Crippen LogP contribution in [0.2, 0.25) is 0 Å². The number of hydrogen-bond acceptors (Lipinski definition) is 4. The first-order valence-corrected chi connectivity index (χ1v) is 14.1. The molecule has 0 amide bonds. The van der Waals surface area contributed by atoms with Crippen LogP contribution in [0.5, 0.6) is 0 Å². The van der Waals surface area contributed by atoms with Crippen LogP contribution in [0.25, 0.3) is 98.0 Å². The molecule has 0 saturated heterocycles. The number of hydrogen-bond donors (Lipinski definition) is 0. The first-order chi connectivity index (χ1) is 21.5. The molecule has 0 radical (unpaired) electrons. The lowest BCUT2D eigenvalue weighted by atomic mass is 9.86. The third-order valence-electron chi connectivity index (χ3n) is 9.42. The number of fused-ring (bicyclic) bond motifs is 14. The van der Waals surface area contributed by atoms with Gasteiger partial charge in [-0.3, -0.25) is 18.4 Å². The molecule has 0 aliphatic rings. The Bertz CT molecular complexity index is 3220. The molecule has 0 spiro atoms. The first kappa shape index (κ1) is 22.6. The van der Waals surface area contributed by atoms with Crippen molar-refractivity contribution in [3.63, 3.8) is 0 Å². The maximum Gasteiger partial charge on any atom is 0.265 e. The zero-order valence-corrected chi connectivity index (χ0v) is 22.4. The molecule has 0 unspecified atom stereocenters. The minimum absolute atomic E-state index is 0.234. The molecule has 204 valence electrons. The van der Waals surface area contributed by atoms with Crippen molar-refractivity contribution in [1.29, 1.82) is 0 Å². The van der Waals surface area contributed by atoms with Crippen LogP contribution in [0.15, 0.2) is 94.5 Å². The standard InChI is InChI=1S/C36H14F2N4O2/c37-17-7-9-25-23(13-17)39-33-21-11-16-12-22-31(34-40-24-14-18(38)8-10-26(24)42(34)35(22)43)29-19-5-1-3-15-4-2-6-20(27(15)19)30(28(16)29)32(21)36(44)41(25)33/h1-14H. The van der Waals surface area contributed by atoms with Crippen LogP contribution in [0.1, 0.15) is 0 Å². The van der Waals surface area contributed by atoms with Crippen molar-refractivity contribution in [2.75, 3.05) is 0 Å². The van der Waals surface area contributed by atoms with E-state index in [4.69, 9.17) is 9.97 Å². The number of rotatable bonds is 0. The summed E-state index contributed by atoms with van der Waals surface area (Å²) in [7, 11) is 0. The Morgan fingerprint density at radius 1 is 0.477 bits per heavy atom. The summed E-state index contributed by atoms with van der Waals surface area (Å²) >= 11 is 0. The van der Waals surface area contributed by atoms with Crippen molar-refractivity contribution in [2.45, 2.75) is 0 Å². The number of nitrogens with zero attached hydrogens (tertiary/aromatic N) is 4. The van der Waals surface area contributed by atoms with Gasteiger partial charge in [0.05, 0.1) is 32.8 Å². The molecule has 0 aliphatic heterocycles. The molecular formula is C36H14F2N4O2. The second kappa shape index (κ2) is 7.12. The minimum Gasteiger partial charge on any atom is -0.268 e. The fourth-order valence-electron chi connectivity index (χ4n) is 7.77. The second-order valence-electron chi connectivity index (χ2n) is 11.6. The van der Waals surface area contributed by atoms with Crippen LogP contribution < -0.4 is 11.1 Å². The number of aromatic nitrogens is 4. The van der Waals surface area contributed by atoms with Crippen molar-refractivity contribution in [3.8, 4) is 0 Å². The van der Waals surface area contributed by atoms with Crippen molar-refractivity contribution in [2.24, 2.45) is 0 Å². The molecule has 4 aromatic heterocycles. The van der Waals surface area contributed by atoms with E-state index in [2.05, 4.69) is 0 Å². The van der Waals surface area contributed by atoms with Crippen LogP contribution in [0.3, 0.4) is 0 Å². The topological polar surface area (TPSA) is 68.7 Å². The second-order valence-corrected chi connectivity index (χ2v) is 11.6.